The molecule has 1 unspecified atom stereocenters. The second kappa shape index (κ2) is 9.07. The molecule has 2 amide bonds. The van der Waals surface area contributed by atoms with E-state index in [9.17, 15) is 9.59 Å². The van der Waals surface area contributed by atoms with Gasteiger partial charge < -0.3 is 15.1 Å². The van der Waals surface area contributed by atoms with Gasteiger partial charge in [0, 0.05) is 49.7 Å². The summed E-state index contributed by atoms with van der Waals surface area (Å²) >= 11 is 0. The highest BCUT2D eigenvalue weighted by Gasteiger charge is 2.24. The lowest BCUT2D eigenvalue weighted by molar-refractivity contribution is 0.0741. The first-order valence-corrected chi connectivity index (χ1v) is 10.3. The lowest BCUT2D eigenvalue weighted by Crippen LogP contribution is -2.49. The molecule has 1 N–H and O–H groups in total. The first kappa shape index (κ1) is 20.8. The number of nitrogens with zero attached hydrogens (tertiary/aromatic N) is 3. The first-order valence-electron chi connectivity index (χ1n) is 10.3. The Morgan fingerprint density at radius 3 is 2.55 bits per heavy atom. The second-order valence-electron chi connectivity index (χ2n) is 7.71. The van der Waals surface area contributed by atoms with Crippen molar-refractivity contribution in [3.8, 4) is 0 Å². The summed E-state index contributed by atoms with van der Waals surface area (Å²) < 4.78 is 0. The van der Waals surface area contributed by atoms with Crippen LogP contribution < -0.4 is 10.2 Å². The number of nitrogens with one attached hydrogen (secondary N) is 1. The molecule has 29 heavy (non-hydrogen) atoms. The van der Waals surface area contributed by atoms with Crippen LogP contribution in [0.4, 0.5) is 5.69 Å². The average Bonchev–Trinajstić information content (AvgIpc) is 2.75. The van der Waals surface area contributed by atoms with Crippen molar-refractivity contribution in [2.45, 2.75) is 40.2 Å². The van der Waals surface area contributed by atoms with E-state index in [1.165, 1.54) is 23.0 Å². The normalized spacial score (nSPS) is 15.2. The number of pyridine rings is 1. The Balaban J connectivity index is 1.66. The van der Waals surface area contributed by atoms with Crippen LogP contribution in [0.5, 0.6) is 0 Å². The number of hydrogen-bond acceptors (Lipinski definition) is 4. The van der Waals surface area contributed by atoms with E-state index in [1.54, 1.807) is 12.1 Å². The third-order valence-corrected chi connectivity index (χ3v) is 5.71. The minimum atomic E-state index is -0.171. The van der Waals surface area contributed by atoms with Gasteiger partial charge in [-0.15, -0.1) is 0 Å². The number of benzene rings is 1. The van der Waals surface area contributed by atoms with Crippen LogP contribution >= 0.6 is 0 Å². The van der Waals surface area contributed by atoms with Crippen LogP contribution in [0.2, 0.25) is 0 Å². The van der Waals surface area contributed by atoms with Crippen LogP contribution in [0.3, 0.4) is 0 Å². The van der Waals surface area contributed by atoms with Crippen molar-refractivity contribution in [1.29, 1.82) is 0 Å². The van der Waals surface area contributed by atoms with Crippen molar-refractivity contribution in [2.24, 2.45) is 0 Å². The van der Waals surface area contributed by atoms with Crippen molar-refractivity contribution in [3.05, 3.63) is 58.9 Å². The maximum atomic E-state index is 12.9. The SMILES string of the molecule is CCC(C)NC(=O)c1ccnc(C(=O)N2CCN(c3cccc(C)c3C)CC2)c1. The number of anilines is 1. The molecule has 1 aromatic carbocycles. The molecule has 3 rings (SSSR count). The Kier molecular flexibility index (Phi) is 6.52. The summed E-state index contributed by atoms with van der Waals surface area (Å²) in [4.78, 5) is 33.6. The molecule has 0 aliphatic carbocycles. The van der Waals surface area contributed by atoms with E-state index in [0.29, 0.717) is 24.3 Å². The number of carbonyl (C=O) groups is 2. The smallest absolute Gasteiger partial charge is 0.272 e. The molecule has 2 heterocycles. The standard InChI is InChI=1S/C23H30N4O2/c1-5-17(3)25-22(28)19-9-10-24-20(15-19)23(29)27-13-11-26(12-14-27)21-8-6-7-16(2)18(21)4/h6-10,15,17H,5,11-14H2,1-4H3,(H,25,28). The number of piperazine rings is 1. The Bertz CT molecular complexity index is 888. The molecule has 6 nitrogen and oxygen atoms in total. The topological polar surface area (TPSA) is 65.5 Å². The van der Waals surface area contributed by atoms with Crippen LogP contribution in [-0.2, 0) is 0 Å². The van der Waals surface area contributed by atoms with Crippen LogP contribution in [0, 0.1) is 13.8 Å². The summed E-state index contributed by atoms with van der Waals surface area (Å²) in [5.41, 5.74) is 4.59. The summed E-state index contributed by atoms with van der Waals surface area (Å²) in [6.45, 7) is 11.1. The number of carbonyl (C=O) groups excluding carboxylic acids is 2. The van der Waals surface area contributed by atoms with Crippen LogP contribution in [0.25, 0.3) is 0 Å². The Morgan fingerprint density at radius 2 is 1.86 bits per heavy atom. The fourth-order valence-electron chi connectivity index (χ4n) is 3.49. The van der Waals surface area contributed by atoms with Gasteiger partial charge in [-0.3, -0.25) is 14.6 Å². The molecule has 0 radical (unpaired) electrons. The number of aromatic nitrogens is 1. The number of amides is 2. The summed E-state index contributed by atoms with van der Waals surface area (Å²) in [5.74, 6) is -0.292. The highest BCUT2D eigenvalue weighted by Crippen LogP contribution is 2.24. The molecule has 154 valence electrons. The fraction of sp³-hybridized carbons (Fsp3) is 0.435. The van der Waals surface area contributed by atoms with Crippen LogP contribution in [-0.4, -0.2) is 53.9 Å². The summed E-state index contributed by atoms with van der Waals surface area (Å²) in [5, 5.41) is 2.93. The molecule has 2 aromatic rings. The third-order valence-electron chi connectivity index (χ3n) is 5.71. The van der Waals surface area contributed by atoms with Gasteiger partial charge in [0.25, 0.3) is 11.8 Å². The zero-order valence-corrected chi connectivity index (χ0v) is 17.7. The summed E-state index contributed by atoms with van der Waals surface area (Å²) in [6.07, 6.45) is 2.39. The molecule has 0 bridgehead atoms. The molecular weight excluding hydrogens is 364 g/mol. The van der Waals surface area contributed by atoms with Crippen molar-refractivity contribution in [3.63, 3.8) is 0 Å². The Hall–Kier alpha value is -2.89. The van der Waals surface area contributed by atoms with Gasteiger partial charge in [0.1, 0.15) is 5.69 Å². The number of aryl methyl sites for hydroxylation is 1. The summed E-state index contributed by atoms with van der Waals surface area (Å²) in [7, 11) is 0. The molecule has 1 fully saturated rings. The van der Waals surface area contributed by atoms with Gasteiger partial charge in [-0.05, 0) is 56.5 Å². The van der Waals surface area contributed by atoms with Crippen LogP contribution in [0.1, 0.15) is 52.2 Å². The van der Waals surface area contributed by atoms with E-state index in [4.69, 9.17) is 0 Å². The number of hydrogen-bond donors (Lipinski definition) is 1. The largest absolute Gasteiger partial charge is 0.368 e. The first-order chi connectivity index (χ1) is 13.9. The average molecular weight is 395 g/mol. The van der Waals surface area contributed by atoms with Crippen molar-refractivity contribution in [1.82, 2.24) is 15.2 Å². The van der Waals surface area contributed by atoms with Gasteiger partial charge in [-0.2, -0.15) is 0 Å². The molecule has 1 aliphatic rings. The lowest BCUT2D eigenvalue weighted by Gasteiger charge is -2.37. The lowest BCUT2D eigenvalue weighted by atomic mass is 10.1. The van der Waals surface area contributed by atoms with Crippen molar-refractivity contribution >= 4 is 17.5 Å². The maximum absolute atomic E-state index is 12.9. The predicted molar refractivity (Wildman–Crippen MR) is 115 cm³/mol. The fourth-order valence-corrected chi connectivity index (χ4v) is 3.49. The van der Waals surface area contributed by atoms with Crippen molar-refractivity contribution < 1.29 is 9.59 Å². The number of rotatable bonds is 5. The van der Waals surface area contributed by atoms with E-state index in [1.807, 2.05) is 18.7 Å². The molecule has 1 aliphatic heterocycles. The zero-order valence-electron chi connectivity index (χ0n) is 17.7. The van der Waals surface area contributed by atoms with Gasteiger partial charge in [-0.25, -0.2) is 0 Å². The van der Waals surface area contributed by atoms with E-state index in [-0.39, 0.29) is 17.9 Å². The Labute approximate surface area is 172 Å². The van der Waals surface area contributed by atoms with Gasteiger partial charge in [-0.1, -0.05) is 19.1 Å². The minimum Gasteiger partial charge on any atom is -0.368 e. The van der Waals surface area contributed by atoms with Crippen molar-refractivity contribution in [2.75, 3.05) is 31.1 Å². The van der Waals surface area contributed by atoms with Gasteiger partial charge in [0.15, 0.2) is 0 Å². The predicted octanol–water partition coefficient (Wildman–Crippen LogP) is 3.19. The molecule has 0 saturated carbocycles. The zero-order chi connectivity index (χ0) is 21.0. The van der Waals surface area contributed by atoms with E-state index in [0.717, 1.165) is 19.5 Å². The molecule has 1 saturated heterocycles. The maximum Gasteiger partial charge on any atom is 0.272 e. The quantitative estimate of drug-likeness (QED) is 0.846. The van der Waals surface area contributed by atoms with E-state index < -0.39 is 0 Å². The molecule has 6 heteroatoms. The second-order valence-corrected chi connectivity index (χ2v) is 7.71. The minimum absolute atomic E-state index is 0.0907. The highest BCUT2D eigenvalue weighted by molar-refractivity contribution is 5.98. The van der Waals surface area contributed by atoms with Gasteiger partial charge in [0.05, 0.1) is 0 Å². The molecule has 0 spiro atoms. The van der Waals surface area contributed by atoms with Gasteiger partial charge in [0.2, 0.25) is 0 Å². The third kappa shape index (κ3) is 4.75. The van der Waals surface area contributed by atoms with E-state index >= 15 is 0 Å². The highest BCUT2D eigenvalue weighted by atomic mass is 16.2. The van der Waals surface area contributed by atoms with Crippen LogP contribution in [0.15, 0.2) is 36.5 Å². The Morgan fingerprint density at radius 1 is 1.14 bits per heavy atom. The summed E-state index contributed by atoms with van der Waals surface area (Å²) in [6, 6.07) is 9.67. The van der Waals surface area contributed by atoms with E-state index in [2.05, 4.69) is 47.2 Å². The monoisotopic (exact) mass is 394 g/mol. The molecular formula is C23H30N4O2. The van der Waals surface area contributed by atoms with Gasteiger partial charge >= 0.3 is 0 Å². The molecule has 1 atom stereocenters. The molecule has 1 aromatic heterocycles.